The molecule has 1 aliphatic heterocycles. The number of aliphatic carboxylic acids is 1. The lowest BCUT2D eigenvalue weighted by molar-refractivity contribution is -0.187. The minimum Gasteiger partial charge on any atom is -0.481 e. The molecular formula is C15H15Cl2F3N2O3. The Morgan fingerprint density at radius 2 is 1.92 bits per heavy atom. The Kier molecular flexibility index (Phi) is 5.73. The maximum Gasteiger partial charge on any atom is 0.394 e. The molecule has 1 aromatic rings. The number of nitrogens with zero attached hydrogens (tertiary/aromatic N) is 1. The first-order valence-corrected chi connectivity index (χ1v) is 8.06. The summed E-state index contributed by atoms with van der Waals surface area (Å²) < 4.78 is 38.9. The minimum atomic E-state index is -4.69. The van der Waals surface area contributed by atoms with Crippen LogP contribution in [-0.4, -0.2) is 41.3 Å². The van der Waals surface area contributed by atoms with E-state index in [1.165, 1.54) is 12.1 Å². The van der Waals surface area contributed by atoms with Crippen molar-refractivity contribution >= 4 is 35.2 Å². The van der Waals surface area contributed by atoms with Gasteiger partial charge in [-0.05, 0) is 24.6 Å². The third-order valence-corrected chi connectivity index (χ3v) is 4.87. The molecule has 0 aromatic heterocycles. The number of carbonyl (C=O) groups is 2. The zero-order valence-electron chi connectivity index (χ0n) is 13.0. The van der Waals surface area contributed by atoms with E-state index in [0.29, 0.717) is 10.6 Å². The van der Waals surface area contributed by atoms with Gasteiger partial charge in [0.05, 0.1) is 27.9 Å². The van der Waals surface area contributed by atoms with Gasteiger partial charge in [-0.2, -0.15) is 13.2 Å². The second-order valence-corrected chi connectivity index (χ2v) is 6.66. The lowest BCUT2D eigenvalue weighted by atomic mass is 9.96. The van der Waals surface area contributed by atoms with E-state index >= 15 is 0 Å². The van der Waals surface area contributed by atoms with Crippen molar-refractivity contribution < 1.29 is 27.9 Å². The predicted octanol–water partition coefficient (Wildman–Crippen LogP) is 3.96. The van der Waals surface area contributed by atoms with Crippen LogP contribution in [0.2, 0.25) is 10.0 Å². The standard InChI is InChI=1S/C15H15Cl2F3N2O3/c1-7(8-2-3-11(16)12(17)4-8)21-14(25)22-5-9(13(23)24)10(6-22)15(18,19)20/h2-4,7,9-10H,5-6H2,1H3,(H,21,25)(H,23,24)/t7?,9-,10-/m1/s1. The number of alkyl halides is 3. The van der Waals surface area contributed by atoms with Gasteiger partial charge in [0, 0.05) is 13.1 Å². The molecule has 1 aromatic carbocycles. The largest absolute Gasteiger partial charge is 0.481 e. The molecule has 0 saturated carbocycles. The van der Waals surface area contributed by atoms with Crippen molar-refractivity contribution in [1.29, 1.82) is 0 Å². The molecule has 2 rings (SSSR count). The van der Waals surface area contributed by atoms with Gasteiger partial charge < -0.3 is 15.3 Å². The average molecular weight is 399 g/mol. The topological polar surface area (TPSA) is 69.6 Å². The first-order chi connectivity index (χ1) is 11.5. The zero-order chi connectivity index (χ0) is 18.9. The summed E-state index contributed by atoms with van der Waals surface area (Å²) in [6.07, 6.45) is -4.69. The highest BCUT2D eigenvalue weighted by Crippen LogP contribution is 2.37. The first kappa shape index (κ1) is 19.7. The average Bonchev–Trinajstić information content (AvgIpc) is 2.95. The van der Waals surface area contributed by atoms with E-state index in [4.69, 9.17) is 28.3 Å². The predicted molar refractivity (Wildman–Crippen MR) is 85.7 cm³/mol. The molecule has 1 aliphatic rings. The molecule has 0 radical (unpaired) electrons. The van der Waals surface area contributed by atoms with Crippen LogP contribution in [0.25, 0.3) is 0 Å². The summed E-state index contributed by atoms with van der Waals surface area (Å²) in [5, 5.41) is 12.1. The lowest BCUT2D eigenvalue weighted by Gasteiger charge is -2.22. The Morgan fingerprint density at radius 1 is 1.28 bits per heavy atom. The molecule has 1 saturated heterocycles. The van der Waals surface area contributed by atoms with Crippen LogP contribution in [0, 0.1) is 11.8 Å². The monoisotopic (exact) mass is 398 g/mol. The zero-order valence-corrected chi connectivity index (χ0v) is 14.5. The van der Waals surface area contributed by atoms with Gasteiger partial charge in [0.15, 0.2) is 0 Å². The summed E-state index contributed by atoms with van der Waals surface area (Å²) in [5.41, 5.74) is 0.615. The van der Waals surface area contributed by atoms with Crippen molar-refractivity contribution in [3.63, 3.8) is 0 Å². The second-order valence-electron chi connectivity index (χ2n) is 5.84. The van der Waals surface area contributed by atoms with Crippen molar-refractivity contribution in [2.75, 3.05) is 13.1 Å². The summed E-state index contributed by atoms with van der Waals surface area (Å²) in [6, 6.07) is 3.39. The van der Waals surface area contributed by atoms with Crippen LogP contribution >= 0.6 is 23.2 Å². The molecule has 1 heterocycles. The summed E-state index contributed by atoms with van der Waals surface area (Å²) in [5.74, 6) is -5.34. The number of carboxylic acid groups (broad SMARTS) is 1. The number of likely N-dealkylation sites (tertiary alicyclic amines) is 1. The fourth-order valence-corrected chi connectivity index (χ4v) is 3.00. The quantitative estimate of drug-likeness (QED) is 0.809. The highest BCUT2D eigenvalue weighted by molar-refractivity contribution is 6.42. The number of amides is 2. The van der Waals surface area contributed by atoms with E-state index < -0.39 is 49.1 Å². The molecule has 2 amide bonds. The number of halogens is 5. The van der Waals surface area contributed by atoms with Crippen molar-refractivity contribution in [3.05, 3.63) is 33.8 Å². The van der Waals surface area contributed by atoms with E-state index in [-0.39, 0.29) is 5.02 Å². The normalized spacial score (nSPS) is 21.9. The van der Waals surface area contributed by atoms with Crippen LogP contribution in [0.3, 0.4) is 0 Å². The highest BCUT2D eigenvalue weighted by atomic mass is 35.5. The van der Waals surface area contributed by atoms with Gasteiger partial charge in [0.1, 0.15) is 0 Å². The number of hydrogen-bond donors (Lipinski definition) is 2. The molecule has 2 N–H and O–H groups in total. The van der Waals surface area contributed by atoms with E-state index in [1.54, 1.807) is 13.0 Å². The fourth-order valence-electron chi connectivity index (χ4n) is 2.69. The number of nitrogens with one attached hydrogen (secondary N) is 1. The van der Waals surface area contributed by atoms with Gasteiger partial charge in [-0.1, -0.05) is 29.3 Å². The lowest BCUT2D eigenvalue weighted by Crippen LogP contribution is -2.40. The van der Waals surface area contributed by atoms with Crippen molar-refractivity contribution in [1.82, 2.24) is 10.2 Å². The second kappa shape index (κ2) is 7.29. The van der Waals surface area contributed by atoms with Crippen LogP contribution in [-0.2, 0) is 4.79 Å². The SMILES string of the molecule is CC(NC(=O)N1C[C@@H](C(F)(F)F)[C@H](C(=O)O)C1)c1ccc(Cl)c(Cl)c1. The molecule has 138 valence electrons. The number of hydrogen-bond acceptors (Lipinski definition) is 2. The van der Waals surface area contributed by atoms with E-state index in [9.17, 15) is 22.8 Å². The molecule has 3 atom stereocenters. The van der Waals surface area contributed by atoms with E-state index in [1.807, 2.05) is 0 Å². The molecule has 5 nitrogen and oxygen atoms in total. The fraction of sp³-hybridized carbons (Fsp3) is 0.467. The Bertz CT molecular complexity index is 684. The molecule has 10 heteroatoms. The van der Waals surface area contributed by atoms with Crippen LogP contribution in [0.15, 0.2) is 18.2 Å². The van der Waals surface area contributed by atoms with Crippen LogP contribution in [0.4, 0.5) is 18.0 Å². The van der Waals surface area contributed by atoms with Crippen molar-refractivity contribution in [3.8, 4) is 0 Å². The summed E-state index contributed by atoms with van der Waals surface area (Å²) in [4.78, 5) is 24.1. The van der Waals surface area contributed by atoms with Gasteiger partial charge >= 0.3 is 18.2 Å². The van der Waals surface area contributed by atoms with Crippen LogP contribution in [0.5, 0.6) is 0 Å². The summed E-state index contributed by atoms with van der Waals surface area (Å²) in [6.45, 7) is 0.434. The highest BCUT2D eigenvalue weighted by Gasteiger charge is 2.53. The molecule has 1 unspecified atom stereocenters. The van der Waals surface area contributed by atoms with Gasteiger partial charge in [0.25, 0.3) is 0 Å². The Morgan fingerprint density at radius 3 is 2.40 bits per heavy atom. The number of carbonyl (C=O) groups excluding carboxylic acids is 1. The van der Waals surface area contributed by atoms with Crippen LogP contribution < -0.4 is 5.32 Å². The Labute approximate surface area is 151 Å². The summed E-state index contributed by atoms with van der Waals surface area (Å²) in [7, 11) is 0. The molecule has 0 spiro atoms. The Balaban J connectivity index is 2.07. The Hall–Kier alpha value is -1.67. The van der Waals surface area contributed by atoms with Gasteiger partial charge in [0.2, 0.25) is 0 Å². The van der Waals surface area contributed by atoms with Crippen molar-refractivity contribution in [2.24, 2.45) is 11.8 Å². The maximum absolute atomic E-state index is 13.0. The smallest absolute Gasteiger partial charge is 0.394 e. The number of benzene rings is 1. The molecule has 0 bridgehead atoms. The number of rotatable bonds is 3. The molecule has 0 aliphatic carbocycles. The molecule has 1 fully saturated rings. The first-order valence-electron chi connectivity index (χ1n) is 7.30. The number of urea groups is 1. The van der Waals surface area contributed by atoms with E-state index in [0.717, 1.165) is 4.90 Å². The van der Waals surface area contributed by atoms with E-state index in [2.05, 4.69) is 5.32 Å². The minimum absolute atomic E-state index is 0.282. The molecular weight excluding hydrogens is 384 g/mol. The molecule has 25 heavy (non-hydrogen) atoms. The van der Waals surface area contributed by atoms with Crippen LogP contribution in [0.1, 0.15) is 18.5 Å². The van der Waals surface area contributed by atoms with Gasteiger partial charge in [-0.3, -0.25) is 4.79 Å². The van der Waals surface area contributed by atoms with Gasteiger partial charge in [-0.25, -0.2) is 4.79 Å². The third kappa shape index (κ3) is 4.49. The van der Waals surface area contributed by atoms with Gasteiger partial charge in [-0.15, -0.1) is 0 Å². The maximum atomic E-state index is 13.0. The third-order valence-electron chi connectivity index (χ3n) is 4.13. The van der Waals surface area contributed by atoms with Crippen molar-refractivity contribution in [2.45, 2.75) is 19.1 Å². The number of carboxylic acids is 1. The summed E-state index contributed by atoms with van der Waals surface area (Å²) >= 11 is 11.7.